The van der Waals surface area contributed by atoms with Gasteiger partial charge < -0.3 is 9.64 Å². The zero-order valence-electron chi connectivity index (χ0n) is 11.7. The highest BCUT2D eigenvalue weighted by Gasteiger charge is 2.26. The van der Waals surface area contributed by atoms with Crippen LogP contribution in [0.5, 0.6) is 5.88 Å². The van der Waals surface area contributed by atoms with Crippen molar-refractivity contribution in [1.29, 1.82) is 0 Å². The maximum atomic E-state index is 12.5. The molecule has 3 rings (SSSR count). The lowest BCUT2D eigenvalue weighted by atomic mass is 10.1. The van der Waals surface area contributed by atoms with Crippen molar-refractivity contribution in [2.45, 2.75) is 18.9 Å². The summed E-state index contributed by atoms with van der Waals surface area (Å²) in [4.78, 5) is 18.2. The van der Waals surface area contributed by atoms with Gasteiger partial charge in [0.15, 0.2) is 5.69 Å². The molecule has 8 nitrogen and oxygen atoms in total. The average Bonchev–Trinajstić information content (AvgIpc) is 3.09. The van der Waals surface area contributed by atoms with Crippen LogP contribution in [-0.4, -0.2) is 56.0 Å². The van der Waals surface area contributed by atoms with Gasteiger partial charge in [-0.15, -0.1) is 10.2 Å². The molecule has 0 aliphatic carbocycles. The number of piperidine rings is 1. The molecule has 110 valence electrons. The lowest BCUT2D eigenvalue weighted by Crippen LogP contribution is -2.41. The molecule has 0 aromatic carbocycles. The van der Waals surface area contributed by atoms with Crippen LogP contribution in [0.25, 0.3) is 0 Å². The molecule has 1 aliphatic heterocycles. The van der Waals surface area contributed by atoms with Crippen LogP contribution in [0.1, 0.15) is 29.4 Å². The fourth-order valence-corrected chi connectivity index (χ4v) is 2.47. The Labute approximate surface area is 121 Å². The van der Waals surface area contributed by atoms with E-state index in [9.17, 15) is 4.79 Å². The van der Waals surface area contributed by atoms with E-state index in [-0.39, 0.29) is 11.9 Å². The lowest BCUT2D eigenvalue weighted by Gasteiger charge is -2.32. The van der Waals surface area contributed by atoms with Crippen molar-refractivity contribution < 1.29 is 9.53 Å². The summed E-state index contributed by atoms with van der Waals surface area (Å²) in [6.07, 6.45) is 5.11. The Hall–Kier alpha value is -2.51. The first-order chi connectivity index (χ1) is 10.3. The topological polar surface area (TPSA) is 86.0 Å². The number of carbonyl (C=O) groups is 1. The van der Waals surface area contributed by atoms with Crippen molar-refractivity contribution >= 4 is 5.91 Å². The fraction of sp³-hybridized carbons (Fsp3) is 0.462. The van der Waals surface area contributed by atoms with Gasteiger partial charge in [-0.3, -0.25) is 4.79 Å². The molecule has 0 unspecified atom stereocenters. The number of hydrogen-bond donors (Lipinski definition) is 0. The molecular weight excluding hydrogens is 272 g/mol. The van der Waals surface area contributed by atoms with E-state index in [1.165, 1.54) is 13.4 Å². The van der Waals surface area contributed by atoms with Gasteiger partial charge in [-0.2, -0.15) is 5.10 Å². The van der Waals surface area contributed by atoms with Crippen molar-refractivity contribution in [2.24, 2.45) is 0 Å². The summed E-state index contributed by atoms with van der Waals surface area (Å²) in [6, 6.07) is 3.43. The van der Waals surface area contributed by atoms with Crippen LogP contribution in [0.3, 0.4) is 0 Å². The SMILES string of the molecule is COc1ccc(C(=O)N2CCC[C@@H](n3cncn3)C2)nn1. The Balaban J connectivity index is 1.71. The number of amides is 1. The third kappa shape index (κ3) is 2.83. The standard InChI is InChI=1S/C13H16N6O2/c1-21-12-5-4-11(16-17-12)13(20)18-6-2-3-10(7-18)19-9-14-8-15-19/h4-5,8-10H,2-3,6-7H2,1H3/t10-/m1/s1. The van der Waals surface area contributed by atoms with E-state index < -0.39 is 0 Å². The summed E-state index contributed by atoms with van der Waals surface area (Å²) in [5.74, 6) is 0.278. The van der Waals surface area contributed by atoms with Crippen LogP contribution >= 0.6 is 0 Å². The number of carbonyl (C=O) groups excluding carboxylic acids is 1. The second kappa shape index (κ2) is 5.86. The lowest BCUT2D eigenvalue weighted by molar-refractivity contribution is 0.0665. The van der Waals surface area contributed by atoms with Gasteiger partial charge in [-0.05, 0) is 18.9 Å². The van der Waals surface area contributed by atoms with Crippen molar-refractivity contribution in [1.82, 2.24) is 29.9 Å². The third-order valence-electron chi connectivity index (χ3n) is 3.56. The third-order valence-corrected chi connectivity index (χ3v) is 3.56. The summed E-state index contributed by atoms with van der Waals surface area (Å²) >= 11 is 0. The molecule has 0 radical (unpaired) electrons. The molecule has 8 heteroatoms. The van der Waals surface area contributed by atoms with Crippen molar-refractivity contribution in [2.75, 3.05) is 20.2 Å². The molecule has 1 fully saturated rings. The van der Waals surface area contributed by atoms with Gasteiger partial charge >= 0.3 is 0 Å². The summed E-state index contributed by atoms with van der Waals surface area (Å²) in [5, 5.41) is 11.9. The highest BCUT2D eigenvalue weighted by atomic mass is 16.5. The summed E-state index contributed by atoms with van der Waals surface area (Å²) in [7, 11) is 1.51. The van der Waals surface area contributed by atoms with Gasteiger partial charge in [0.05, 0.1) is 13.2 Å². The number of methoxy groups -OCH3 is 1. The summed E-state index contributed by atoms with van der Waals surface area (Å²) in [5.41, 5.74) is 0.329. The van der Waals surface area contributed by atoms with Gasteiger partial charge in [0.25, 0.3) is 5.91 Å². The van der Waals surface area contributed by atoms with Crippen LogP contribution in [-0.2, 0) is 0 Å². The Kier molecular flexibility index (Phi) is 3.76. The molecule has 21 heavy (non-hydrogen) atoms. The molecule has 3 heterocycles. The number of nitrogens with zero attached hydrogens (tertiary/aromatic N) is 6. The largest absolute Gasteiger partial charge is 0.480 e. The first-order valence-corrected chi connectivity index (χ1v) is 6.79. The number of ether oxygens (including phenoxy) is 1. The van der Waals surface area contributed by atoms with Gasteiger partial charge in [-0.1, -0.05) is 0 Å². The number of aromatic nitrogens is 5. The molecular formula is C13H16N6O2. The number of hydrogen-bond acceptors (Lipinski definition) is 6. The first-order valence-electron chi connectivity index (χ1n) is 6.79. The van der Waals surface area contributed by atoms with E-state index in [2.05, 4.69) is 20.3 Å². The van der Waals surface area contributed by atoms with E-state index in [4.69, 9.17) is 4.74 Å². The highest BCUT2D eigenvalue weighted by Crippen LogP contribution is 2.21. The zero-order chi connectivity index (χ0) is 14.7. The second-order valence-electron chi connectivity index (χ2n) is 4.88. The Morgan fingerprint density at radius 3 is 2.95 bits per heavy atom. The summed E-state index contributed by atoms with van der Waals surface area (Å²) < 4.78 is 6.75. The quantitative estimate of drug-likeness (QED) is 0.820. The predicted octanol–water partition coefficient (Wildman–Crippen LogP) is 0.554. The van der Waals surface area contributed by atoms with Gasteiger partial charge in [-0.25, -0.2) is 9.67 Å². The van der Waals surface area contributed by atoms with Crippen molar-refractivity contribution in [3.05, 3.63) is 30.5 Å². The van der Waals surface area contributed by atoms with Crippen LogP contribution in [0.2, 0.25) is 0 Å². The second-order valence-corrected chi connectivity index (χ2v) is 4.88. The van der Waals surface area contributed by atoms with Gasteiger partial charge in [0.2, 0.25) is 5.88 Å². The van der Waals surface area contributed by atoms with Gasteiger partial charge in [0.1, 0.15) is 12.7 Å². The average molecular weight is 288 g/mol. The molecule has 0 N–H and O–H groups in total. The van der Waals surface area contributed by atoms with Crippen LogP contribution in [0.4, 0.5) is 0 Å². The molecule has 1 saturated heterocycles. The molecule has 0 saturated carbocycles. The minimum absolute atomic E-state index is 0.116. The molecule has 0 spiro atoms. The Bertz CT molecular complexity index is 598. The van der Waals surface area contributed by atoms with Gasteiger partial charge in [0, 0.05) is 19.2 Å². The normalized spacial score (nSPS) is 18.5. The van der Waals surface area contributed by atoms with E-state index in [0.717, 1.165) is 19.4 Å². The van der Waals surface area contributed by atoms with Crippen molar-refractivity contribution in [3.8, 4) is 5.88 Å². The molecule has 0 bridgehead atoms. The van der Waals surface area contributed by atoms with E-state index in [1.807, 2.05) is 0 Å². The fourth-order valence-electron chi connectivity index (χ4n) is 2.47. The molecule has 2 aromatic heterocycles. The maximum Gasteiger partial charge on any atom is 0.274 e. The maximum absolute atomic E-state index is 12.5. The highest BCUT2D eigenvalue weighted by molar-refractivity contribution is 5.92. The van der Waals surface area contributed by atoms with Crippen LogP contribution in [0.15, 0.2) is 24.8 Å². The van der Waals surface area contributed by atoms with E-state index >= 15 is 0 Å². The van der Waals surface area contributed by atoms with Crippen LogP contribution in [0, 0.1) is 0 Å². The summed E-state index contributed by atoms with van der Waals surface area (Å²) in [6.45, 7) is 1.33. The van der Waals surface area contributed by atoms with E-state index in [1.54, 1.807) is 28.0 Å². The number of likely N-dealkylation sites (tertiary alicyclic amines) is 1. The molecule has 2 aromatic rings. The monoisotopic (exact) mass is 288 g/mol. The minimum Gasteiger partial charge on any atom is -0.480 e. The van der Waals surface area contributed by atoms with Crippen LogP contribution < -0.4 is 4.74 Å². The number of rotatable bonds is 3. The Morgan fingerprint density at radius 1 is 1.38 bits per heavy atom. The Morgan fingerprint density at radius 2 is 2.29 bits per heavy atom. The smallest absolute Gasteiger partial charge is 0.274 e. The first kappa shape index (κ1) is 13.5. The zero-order valence-corrected chi connectivity index (χ0v) is 11.7. The van der Waals surface area contributed by atoms with Crippen molar-refractivity contribution in [3.63, 3.8) is 0 Å². The molecule has 1 atom stereocenters. The minimum atomic E-state index is -0.116. The molecule has 1 amide bonds. The van der Waals surface area contributed by atoms with E-state index in [0.29, 0.717) is 18.1 Å². The predicted molar refractivity (Wildman–Crippen MR) is 72.8 cm³/mol. The molecule has 1 aliphatic rings.